The minimum Gasteiger partial charge on any atom is -0.304 e. The van der Waals surface area contributed by atoms with Gasteiger partial charge >= 0.3 is 0 Å². The summed E-state index contributed by atoms with van der Waals surface area (Å²) in [4.78, 5) is 13.4. The first-order valence-corrected chi connectivity index (χ1v) is 7.82. The van der Waals surface area contributed by atoms with Crippen molar-refractivity contribution >= 4 is 23.1 Å². The third-order valence-corrected chi connectivity index (χ3v) is 4.18. The number of thiophene rings is 1. The van der Waals surface area contributed by atoms with E-state index < -0.39 is 0 Å². The summed E-state index contributed by atoms with van der Waals surface area (Å²) in [6, 6.07) is 0. The molecule has 0 fully saturated rings. The van der Waals surface area contributed by atoms with E-state index in [9.17, 15) is 4.79 Å². The number of hydrogen-bond donors (Lipinski definition) is 1. The Labute approximate surface area is 123 Å². The van der Waals surface area contributed by atoms with Crippen molar-refractivity contribution in [3.63, 3.8) is 0 Å². The first-order valence-electron chi connectivity index (χ1n) is 6.94. The van der Waals surface area contributed by atoms with Crippen molar-refractivity contribution in [2.24, 2.45) is 0 Å². The van der Waals surface area contributed by atoms with Crippen LogP contribution in [-0.4, -0.2) is 20.9 Å². The van der Waals surface area contributed by atoms with E-state index in [1.165, 1.54) is 4.88 Å². The molecule has 2 aromatic heterocycles. The third kappa shape index (κ3) is 3.25. The van der Waals surface area contributed by atoms with Crippen molar-refractivity contribution in [1.29, 1.82) is 0 Å². The molecule has 0 bridgehead atoms. The monoisotopic (exact) mass is 292 g/mol. The van der Waals surface area contributed by atoms with Gasteiger partial charge in [0.1, 0.15) is 0 Å². The van der Waals surface area contributed by atoms with Gasteiger partial charge in [-0.1, -0.05) is 25.5 Å². The predicted octanol–water partition coefficient (Wildman–Crippen LogP) is 3.26. The molecule has 2 rings (SSSR count). The second-order valence-corrected chi connectivity index (χ2v) is 5.80. The topological polar surface area (TPSA) is 59.8 Å². The average molecular weight is 292 g/mol. The summed E-state index contributed by atoms with van der Waals surface area (Å²) in [7, 11) is 0. The van der Waals surface area contributed by atoms with Gasteiger partial charge < -0.3 is 5.32 Å². The predicted molar refractivity (Wildman–Crippen MR) is 81.3 cm³/mol. The zero-order valence-electron chi connectivity index (χ0n) is 12.1. The normalized spacial score (nSPS) is 10.8. The Morgan fingerprint density at radius 3 is 2.95 bits per heavy atom. The fourth-order valence-electron chi connectivity index (χ4n) is 2.08. The van der Waals surface area contributed by atoms with Crippen molar-refractivity contribution in [1.82, 2.24) is 15.0 Å². The molecule has 0 unspecified atom stereocenters. The minimum atomic E-state index is -0.103. The molecule has 20 heavy (non-hydrogen) atoms. The zero-order valence-corrected chi connectivity index (χ0v) is 13.0. The lowest BCUT2D eigenvalue weighted by atomic mass is 10.1. The lowest BCUT2D eigenvalue weighted by Crippen LogP contribution is -2.13. The summed E-state index contributed by atoms with van der Waals surface area (Å²) in [5.74, 6) is 0.408. The van der Waals surface area contributed by atoms with Crippen molar-refractivity contribution in [2.75, 3.05) is 5.32 Å². The second-order valence-electron chi connectivity index (χ2n) is 4.71. The average Bonchev–Trinajstić information content (AvgIpc) is 3.02. The fourth-order valence-corrected chi connectivity index (χ4v) is 3.02. The summed E-state index contributed by atoms with van der Waals surface area (Å²) in [5.41, 5.74) is 1.86. The van der Waals surface area contributed by atoms with Gasteiger partial charge in [0.2, 0.25) is 0 Å². The summed E-state index contributed by atoms with van der Waals surface area (Å²) < 4.78 is 1.76. The van der Waals surface area contributed by atoms with Crippen LogP contribution in [0.25, 0.3) is 0 Å². The van der Waals surface area contributed by atoms with Crippen LogP contribution in [0.15, 0.2) is 11.6 Å². The number of carbonyl (C=O) groups excluding carboxylic acids is 1. The van der Waals surface area contributed by atoms with Crippen molar-refractivity contribution in [3.8, 4) is 0 Å². The molecule has 2 aromatic rings. The highest BCUT2D eigenvalue weighted by Crippen LogP contribution is 2.23. The lowest BCUT2D eigenvalue weighted by Gasteiger charge is -2.02. The van der Waals surface area contributed by atoms with Crippen LogP contribution in [0.1, 0.15) is 47.5 Å². The lowest BCUT2D eigenvalue weighted by molar-refractivity contribution is 0.102. The van der Waals surface area contributed by atoms with E-state index in [1.54, 1.807) is 22.2 Å². The number of rotatable bonds is 6. The van der Waals surface area contributed by atoms with Gasteiger partial charge in [-0.25, -0.2) is 0 Å². The smallest absolute Gasteiger partial charge is 0.258 e. The van der Waals surface area contributed by atoms with E-state index in [-0.39, 0.29) is 5.91 Å². The molecule has 2 heterocycles. The Morgan fingerprint density at radius 1 is 1.45 bits per heavy atom. The van der Waals surface area contributed by atoms with Crippen LogP contribution in [0, 0.1) is 6.92 Å². The van der Waals surface area contributed by atoms with Crippen LogP contribution < -0.4 is 5.32 Å². The molecule has 0 saturated heterocycles. The Balaban J connectivity index is 2.05. The number of amides is 1. The highest BCUT2D eigenvalue weighted by molar-refractivity contribution is 7.10. The minimum absolute atomic E-state index is 0.103. The van der Waals surface area contributed by atoms with E-state index in [1.807, 2.05) is 12.3 Å². The molecule has 0 atom stereocenters. The molecule has 1 amide bonds. The zero-order chi connectivity index (χ0) is 14.5. The van der Waals surface area contributed by atoms with Crippen LogP contribution in [0.2, 0.25) is 0 Å². The van der Waals surface area contributed by atoms with E-state index in [2.05, 4.69) is 29.5 Å². The van der Waals surface area contributed by atoms with E-state index in [0.717, 1.165) is 36.9 Å². The largest absolute Gasteiger partial charge is 0.304 e. The molecule has 1 N–H and O–H groups in total. The molecular weight excluding hydrogens is 272 g/mol. The molecule has 0 aromatic carbocycles. The number of nitrogens with one attached hydrogen (secondary N) is 1. The Morgan fingerprint density at radius 2 is 2.25 bits per heavy atom. The molecule has 0 aliphatic carbocycles. The number of anilines is 1. The summed E-state index contributed by atoms with van der Waals surface area (Å²) in [6.07, 6.45) is 4.80. The van der Waals surface area contributed by atoms with Crippen molar-refractivity contribution in [3.05, 3.63) is 27.6 Å². The van der Waals surface area contributed by atoms with Crippen molar-refractivity contribution < 1.29 is 4.79 Å². The maximum atomic E-state index is 12.2. The number of aromatic nitrogens is 3. The summed E-state index contributed by atoms with van der Waals surface area (Å²) in [5, 5.41) is 12.7. The molecule has 6 heteroatoms. The number of nitrogens with zero attached hydrogens (tertiary/aromatic N) is 3. The summed E-state index contributed by atoms with van der Waals surface area (Å²) >= 11 is 1.61. The van der Waals surface area contributed by atoms with Gasteiger partial charge in [0.25, 0.3) is 5.91 Å². The second kappa shape index (κ2) is 6.65. The summed E-state index contributed by atoms with van der Waals surface area (Å²) in [6.45, 7) is 7.07. The Bertz CT molecular complexity index is 588. The molecule has 0 aliphatic rings. The molecule has 5 nitrogen and oxygen atoms in total. The number of hydrogen-bond acceptors (Lipinski definition) is 4. The molecule has 108 valence electrons. The van der Waals surface area contributed by atoms with Gasteiger partial charge in [0.05, 0.1) is 11.8 Å². The highest BCUT2D eigenvalue weighted by Gasteiger charge is 2.15. The van der Waals surface area contributed by atoms with E-state index in [4.69, 9.17) is 0 Å². The van der Waals surface area contributed by atoms with Gasteiger partial charge in [0, 0.05) is 16.8 Å². The van der Waals surface area contributed by atoms with Gasteiger partial charge in [-0.15, -0.1) is 16.4 Å². The molecule has 0 aliphatic heterocycles. The van der Waals surface area contributed by atoms with Gasteiger partial charge in [-0.05, 0) is 25.3 Å². The van der Waals surface area contributed by atoms with Gasteiger partial charge in [0.15, 0.2) is 5.82 Å². The number of unbranched alkanes of at least 4 members (excludes halogenated alkanes) is 1. The maximum absolute atomic E-state index is 12.2. The van der Waals surface area contributed by atoms with Crippen LogP contribution in [-0.2, 0) is 13.0 Å². The Hall–Kier alpha value is -1.69. The van der Waals surface area contributed by atoms with Crippen LogP contribution in [0.4, 0.5) is 5.82 Å². The van der Waals surface area contributed by atoms with E-state index in [0.29, 0.717) is 5.82 Å². The quantitative estimate of drug-likeness (QED) is 0.889. The fraction of sp³-hybridized carbons (Fsp3) is 0.500. The Kier molecular flexibility index (Phi) is 4.89. The number of carbonyl (C=O) groups is 1. The number of aryl methyl sites for hydroxylation is 2. The first kappa shape index (κ1) is 14.7. The van der Waals surface area contributed by atoms with Gasteiger partial charge in [-0.3, -0.25) is 9.48 Å². The molecular formula is C14H20N4OS. The van der Waals surface area contributed by atoms with Crippen LogP contribution >= 0.6 is 11.3 Å². The molecule has 0 radical (unpaired) electrons. The SMILES string of the molecule is CCCCn1cc(NC(=O)c2csc(C)c2CC)nn1. The highest BCUT2D eigenvalue weighted by atomic mass is 32.1. The first-order chi connectivity index (χ1) is 9.65. The standard InChI is InChI=1S/C14H20N4OS/c1-4-6-7-18-8-13(16-17-18)15-14(19)12-9-20-10(3)11(12)5-2/h8-9H,4-7H2,1-3H3,(H,15,19). The molecule has 0 saturated carbocycles. The van der Waals surface area contributed by atoms with E-state index >= 15 is 0 Å². The van der Waals surface area contributed by atoms with Crippen molar-refractivity contribution in [2.45, 2.75) is 46.6 Å². The molecule has 0 spiro atoms. The van der Waals surface area contributed by atoms with Crippen LogP contribution in [0.3, 0.4) is 0 Å². The maximum Gasteiger partial charge on any atom is 0.258 e. The third-order valence-electron chi connectivity index (χ3n) is 3.22. The van der Waals surface area contributed by atoms with Gasteiger partial charge in [-0.2, -0.15) is 0 Å². The van der Waals surface area contributed by atoms with Crippen LogP contribution in [0.5, 0.6) is 0 Å².